The average molecular weight is 644 g/mol. The fourth-order valence-electron chi connectivity index (χ4n) is 3.30. The molecule has 222 valence electrons. The van der Waals surface area contributed by atoms with Crippen molar-refractivity contribution in [1.29, 1.82) is 0 Å². The third-order valence-corrected chi connectivity index (χ3v) is 5.13. The maximum atomic E-state index is 5.63. The van der Waals surface area contributed by atoms with Crippen LogP contribution in [0, 0.1) is 0 Å². The second-order valence-corrected chi connectivity index (χ2v) is 7.96. The molecule has 10 nitrogen and oxygen atoms in total. The number of fused-ring (bicyclic) bond motifs is 2. The van der Waals surface area contributed by atoms with Crippen molar-refractivity contribution in [1.82, 2.24) is 0 Å². The van der Waals surface area contributed by atoms with Gasteiger partial charge in [-0.3, -0.25) is 0 Å². The van der Waals surface area contributed by atoms with Gasteiger partial charge in [0.1, 0.15) is 26.4 Å². The first kappa shape index (κ1) is 33.3. The van der Waals surface area contributed by atoms with E-state index in [1.54, 1.807) is 0 Å². The largest absolute Gasteiger partial charge is 1.00 e. The van der Waals surface area contributed by atoms with Gasteiger partial charge < -0.3 is 47.4 Å². The summed E-state index contributed by atoms with van der Waals surface area (Å²) >= 11 is 0. The van der Waals surface area contributed by atoms with Gasteiger partial charge >= 0.3 is 22.4 Å². The van der Waals surface area contributed by atoms with E-state index in [1.165, 1.54) is 0 Å². The van der Waals surface area contributed by atoms with Crippen LogP contribution >= 0.6 is 0 Å². The molecule has 11 heteroatoms. The van der Waals surface area contributed by atoms with E-state index in [9.17, 15) is 0 Å². The summed E-state index contributed by atoms with van der Waals surface area (Å²) in [6.45, 7) is 8.73. The van der Waals surface area contributed by atoms with Crippen LogP contribution in [-0.4, -0.2) is 106 Å². The molecule has 0 unspecified atom stereocenters. The van der Waals surface area contributed by atoms with Crippen molar-refractivity contribution in [3.63, 3.8) is 0 Å². The maximum absolute atomic E-state index is 5.63. The van der Waals surface area contributed by atoms with Gasteiger partial charge in [-0.25, -0.2) is 0 Å². The van der Waals surface area contributed by atoms with Gasteiger partial charge in [0.15, 0.2) is 23.0 Å². The molecule has 4 rings (SSSR count). The van der Waals surface area contributed by atoms with Gasteiger partial charge in [-0.1, -0.05) is 24.3 Å². The average Bonchev–Trinajstić information content (AvgIpc) is 2.96. The topological polar surface area (TPSA) is 92.3 Å². The van der Waals surface area contributed by atoms with E-state index in [1.807, 2.05) is 48.5 Å². The summed E-state index contributed by atoms with van der Waals surface area (Å²) in [7, 11) is 0. The van der Waals surface area contributed by atoms with Crippen molar-refractivity contribution >= 4 is 0 Å². The Morgan fingerprint density at radius 1 is 0.282 bits per heavy atom. The molecule has 0 saturated carbocycles. The molecule has 0 amide bonds. The minimum absolute atomic E-state index is 0. The Morgan fingerprint density at radius 2 is 0.462 bits per heavy atom. The van der Waals surface area contributed by atoms with E-state index in [0.717, 1.165) is 23.0 Å². The van der Waals surface area contributed by atoms with Crippen LogP contribution < -0.4 is 18.9 Å². The fourth-order valence-corrected chi connectivity index (χ4v) is 3.30. The monoisotopic (exact) mass is 643 g/mol. The van der Waals surface area contributed by atoms with E-state index in [2.05, 4.69) is 0 Å². The third-order valence-electron chi connectivity index (χ3n) is 5.13. The van der Waals surface area contributed by atoms with Gasteiger partial charge in [-0.15, -0.1) is 0 Å². The van der Waals surface area contributed by atoms with Gasteiger partial charge in [0.25, 0.3) is 0 Å². The number of para-hydroxylation sites is 4. The predicted octanol–water partition coefficient (Wildman–Crippen LogP) is 3.01. The fraction of sp³-hybridized carbons (Fsp3) is 0.571. The number of rotatable bonds is 0. The van der Waals surface area contributed by atoms with Crippen LogP contribution in [-0.2, 0) is 50.8 Å². The standard InChI is InChI=1S/2C14H20O5.Ag/c2*1-2-4-14-13(3-1)18-11-9-16-7-5-15-6-8-17-10-12-19-14;/h2*1-4H,5-12H2;/q;;+1. The first-order chi connectivity index (χ1) is 18.9. The zero-order chi connectivity index (χ0) is 26.4. The molecule has 2 aromatic rings. The molecule has 2 aliphatic heterocycles. The van der Waals surface area contributed by atoms with Crippen LogP contribution in [0.5, 0.6) is 23.0 Å². The van der Waals surface area contributed by atoms with Gasteiger partial charge in [-0.2, -0.15) is 0 Å². The molecule has 2 aromatic carbocycles. The normalized spacial score (nSPS) is 18.7. The number of ether oxygens (including phenoxy) is 10. The van der Waals surface area contributed by atoms with Crippen LogP contribution in [0.15, 0.2) is 48.5 Å². The summed E-state index contributed by atoms with van der Waals surface area (Å²) < 4.78 is 54.8. The van der Waals surface area contributed by atoms with Crippen molar-refractivity contribution in [3.05, 3.63) is 48.5 Å². The molecule has 0 spiro atoms. The second-order valence-electron chi connectivity index (χ2n) is 7.96. The van der Waals surface area contributed by atoms with Crippen molar-refractivity contribution < 1.29 is 69.7 Å². The molecule has 0 radical (unpaired) electrons. The zero-order valence-electron chi connectivity index (χ0n) is 22.3. The maximum Gasteiger partial charge on any atom is 1.00 e. The van der Waals surface area contributed by atoms with Crippen LogP contribution in [0.4, 0.5) is 0 Å². The molecule has 2 heterocycles. The zero-order valence-corrected chi connectivity index (χ0v) is 23.8. The summed E-state index contributed by atoms with van der Waals surface area (Å²) in [6, 6.07) is 15.2. The van der Waals surface area contributed by atoms with E-state index >= 15 is 0 Å². The molecule has 0 atom stereocenters. The van der Waals surface area contributed by atoms with Crippen LogP contribution in [0.3, 0.4) is 0 Å². The van der Waals surface area contributed by atoms with E-state index in [0.29, 0.717) is 106 Å². The number of hydrogen-bond acceptors (Lipinski definition) is 10. The number of benzene rings is 2. The molecule has 0 aromatic heterocycles. The van der Waals surface area contributed by atoms with Crippen molar-refractivity contribution in [2.24, 2.45) is 0 Å². The SMILES string of the molecule is [Ag+].c1ccc2c(c1)OCCOCCOCCOCCO2.c1ccc2c(c1)OCCOCCOCCOCCO2. The van der Waals surface area contributed by atoms with E-state index in [-0.39, 0.29) is 22.4 Å². The van der Waals surface area contributed by atoms with Crippen LogP contribution in [0.2, 0.25) is 0 Å². The van der Waals surface area contributed by atoms with Gasteiger partial charge in [0.05, 0.1) is 79.3 Å². The Labute approximate surface area is 246 Å². The summed E-state index contributed by atoms with van der Waals surface area (Å²) in [4.78, 5) is 0. The molecule has 0 fully saturated rings. The van der Waals surface area contributed by atoms with E-state index in [4.69, 9.17) is 47.4 Å². The second kappa shape index (κ2) is 22.9. The van der Waals surface area contributed by atoms with Crippen molar-refractivity contribution in [2.75, 3.05) is 106 Å². The molecule has 0 N–H and O–H groups in total. The smallest absolute Gasteiger partial charge is 0.487 e. The van der Waals surface area contributed by atoms with Gasteiger partial charge in [0.2, 0.25) is 0 Å². The summed E-state index contributed by atoms with van der Waals surface area (Å²) in [5.41, 5.74) is 0. The Kier molecular flexibility index (Phi) is 19.6. The van der Waals surface area contributed by atoms with Crippen LogP contribution in [0.25, 0.3) is 0 Å². The quantitative estimate of drug-likeness (QED) is 0.399. The molecular weight excluding hydrogens is 604 g/mol. The van der Waals surface area contributed by atoms with Crippen molar-refractivity contribution in [3.8, 4) is 23.0 Å². The molecular formula is C28H40AgO10+. The number of hydrogen-bond donors (Lipinski definition) is 0. The van der Waals surface area contributed by atoms with Crippen molar-refractivity contribution in [2.45, 2.75) is 0 Å². The predicted molar refractivity (Wildman–Crippen MR) is 140 cm³/mol. The first-order valence-corrected chi connectivity index (χ1v) is 13.1. The molecule has 0 aliphatic carbocycles. The Bertz CT molecular complexity index is 721. The van der Waals surface area contributed by atoms with Gasteiger partial charge in [-0.05, 0) is 24.3 Å². The summed E-state index contributed by atoms with van der Waals surface area (Å²) in [6.07, 6.45) is 0. The Hall–Kier alpha value is -1.86. The minimum Gasteiger partial charge on any atom is -0.487 e. The van der Waals surface area contributed by atoms with Gasteiger partial charge in [0, 0.05) is 0 Å². The van der Waals surface area contributed by atoms with E-state index < -0.39 is 0 Å². The minimum atomic E-state index is 0. The third kappa shape index (κ3) is 15.5. The Balaban J connectivity index is 0.000000267. The molecule has 2 aliphatic rings. The molecule has 0 saturated heterocycles. The van der Waals surface area contributed by atoms with Crippen LogP contribution in [0.1, 0.15) is 0 Å². The first-order valence-electron chi connectivity index (χ1n) is 13.1. The molecule has 0 bridgehead atoms. The Morgan fingerprint density at radius 3 is 0.667 bits per heavy atom. The summed E-state index contributed by atoms with van der Waals surface area (Å²) in [5, 5.41) is 0. The molecule has 39 heavy (non-hydrogen) atoms. The summed E-state index contributed by atoms with van der Waals surface area (Å²) in [5.74, 6) is 2.93.